The van der Waals surface area contributed by atoms with Crippen LogP contribution in [0, 0.1) is 0 Å². The summed E-state index contributed by atoms with van der Waals surface area (Å²) in [5.41, 5.74) is 0.789. The van der Waals surface area contributed by atoms with E-state index in [2.05, 4.69) is 0 Å². The van der Waals surface area contributed by atoms with Crippen LogP contribution >= 0.6 is 0 Å². The highest BCUT2D eigenvalue weighted by molar-refractivity contribution is 7.88. The molecule has 4 heteroatoms. The van der Waals surface area contributed by atoms with Crippen LogP contribution in [0.25, 0.3) is 0 Å². The molecule has 0 aromatic carbocycles. The van der Waals surface area contributed by atoms with Crippen LogP contribution in [0.5, 0.6) is 0 Å². The van der Waals surface area contributed by atoms with E-state index in [-0.39, 0.29) is 0 Å². The largest absolute Gasteiger partial charge is 0.287 e. The van der Waals surface area contributed by atoms with Crippen LogP contribution in [-0.4, -0.2) is 13.0 Å². The molecular weight excluding hydrogens is 152 g/mol. The molecule has 0 saturated carbocycles. The Morgan fingerprint density at radius 2 is 2.00 bits per heavy atom. The van der Waals surface area contributed by atoms with Crippen molar-refractivity contribution in [3.8, 4) is 0 Å². The molecule has 0 atom stereocenters. The predicted octanol–water partition coefficient (Wildman–Crippen LogP) is 1.35. The van der Waals surface area contributed by atoms with Crippen molar-refractivity contribution in [3.63, 3.8) is 0 Å². The van der Waals surface area contributed by atoms with E-state index in [9.17, 15) is 8.42 Å². The van der Waals surface area contributed by atoms with Gasteiger partial charge in [-0.15, -0.1) is 0 Å². The molecule has 0 unspecified atom stereocenters. The average molecular weight is 162 g/mol. The Balaban J connectivity index is 4.30. The first-order chi connectivity index (χ1) is 4.45. The van der Waals surface area contributed by atoms with Gasteiger partial charge in [-0.1, -0.05) is 11.6 Å². The molecule has 0 fully saturated rings. The molecule has 0 aliphatic rings. The molecule has 0 bridgehead atoms. The van der Waals surface area contributed by atoms with Crippen molar-refractivity contribution in [2.45, 2.75) is 13.8 Å². The first kappa shape index (κ1) is 9.39. The Kier molecular flexibility index (Phi) is 3.32. The molecule has 0 amide bonds. The minimum Gasteiger partial charge on any atom is -0.282 e. The summed E-state index contributed by atoms with van der Waals surface area (Å²) < 4.78 is 28.4. The van der Waals surface area contributed by atoms with E-state index in [4.69, 9.17) is 4.55 Å². The van der Waals surface area contributed by atoms with E-state index in [1.165, 1.54) is 6.08 Å². The standard InChI is InChI=1S/C6H10O3S/c1-3-6(2)4-5-10(7,8)9/h3-5H,1-2H3,(H,7,8,9). The van der Waals surface area contributed by atoms with Crippen LogP contribution in [0.15, 0.2) is 23.1 Å². The van der Waals surface area contributed by atoms with Crippen LogP contribution in [0.3, 0.4) is 0 Å². The Morgan fingerprint density at radius 3 is 2.30 bits per heavy atom. The van der Waals surface area contributed by atoms with Gasteiger partial charge in [-0.2, -0.15) is 8.42 Å². The molecule has 0 radical (unpaired) electrons. The van der Waals surface area contributed by atoms with Crippen molar-refractivity contribution in [1.29, 1.82) is 0 Å². The van der Waals surface area contributed by atoms with Gasteiger partial charge in [-0.25, -0.2) is 0 Å². The molecule has 10 heavy (non-hydrogen) atoms. The molecule has 0 aromatic rings. The topological polar surface area (TPSA) is 54.4 Å². The van der Waals surface area contributed by atoms with E-state index < -0.39 is 10.1 Å². The van der Waals surface area contributed by atoms with E-state index in [1.807, 2.05) is 0 Å². The lowest BCUT2D eigenvalue weighted by atomic mass is 10.3. The molecular formula is C6H10O3S. The van der Waals surface area contributed by atoms with Crippen molar-refractivity contribution in [2.75, 3.05) is 0 Å². The van der Waals surface area contributed by atoms with Gasteiger partial charge in [0.05, 0.1) is 5.41 Å². The summed E-state index contributed by atoms with van der Waals surface area (Å²) in [6.45, 7) is 3.52. The quantitative estimate of drug-likeness (QED) is 0.492. The fourth-order valence-electron chi connectivity index (χ4n) is 0.290. The Bertz CT molecular complexity index is 246. The second-order valence-corrected chi connectivity index (χ2v) is 3.15. The van der Waals surface area contributed by atoms with Gasteiger partial charge >= 0.3 is 0 Å². The van der Waals surface area contributed by atoms with Gasteiger partial charge in [-0.3, -0.25) is 4.55 Å². The third-order valence-corrected chi connectivity index (χ3v) is 1.44. The summed E-state index contributed by atoms with van der Waals surface area (Å²) >= 11 is 0. The maximum absolute atomic E-state index is 10.1. The molecule has 0 rings (SSSR count). The van der Waals surface area contributed by atoms with Gasteiger partial charge in [0.2, 0.25) is 0 Å². The minimum atomic E-state index is -3.95. The summed E-state index contributed by atoms with van der Waals surface area (Å²) in [5.74, 6) is 0. The van der Waals surface area contributed by atoms with Crippen LogP contribution < -0.4 is 0 Å². The zero-order chi connectivity index (χ0) is 8.20. The first-order valence-electron chi connectivity index (χ1n) is 2.74. The zero-order valence-electron chi connectivity index (χ0n) is 5.90. The minimum absolute atomic E-state index is 0.752. The Hall–Kier alpha value is -0.610. The molecule has 3 nitrogen and oxygen atoms in total. The molecule has 0 aromatic heterocycles. The zero-order valence-corrected chi connectivity index (χ0v) is 6.72. The second kappa shape index (κ2) is 3.53. The molecule has 0 heterocycles. The maximum atomic E-state index is 10.1. The van der Waals surface area contributed by atoms with Gasteiger partial charge in [0.15, 0.2) is 0 Å². The smallest absolute Gasteiger partial charge is 0.282 e. The van der Waals surface area contributed by atoms with Crippen LogP contribution in [0.1, 0.15) is 13.8 Å². The average Bonchev–Trinajstić information content (AvgIpc) is 1.81. The third kappa shape index (κ3) is 5.53. The summed E-state index contributed by atoms with van der Waals surface area (Å²) in [6.07, 6.45) is 3.07. The summed E-state index contributed by atoms with van der Waals surface area (Å²) in [7, 11) is -3.95. The highest BCUT2D eigenvalue weighted by Crippen LogP contribution is 1.95. The summed E-state index contributed by atoms with van der Waals surface area (Å²) in [4.78, 5) is 0. The van der Waals surface area contributed by atoms with E-state index >= 15 is 0 Å². The van der Waals surface area contributed by atoms with Crippen molar-refractivity contribution in [3.05, 3.63) is 23.1 Å². The number of rotatable bonds is 2. The molecule has 1 N–H and O–H groups in total. The Morgan fingerprint density at radius 1 is 1.50 bits per heavy atom. The number of allylic oxidation sites excluding steroid dienone is 3. The molecule has 58 valence electrons. The van der Waals surface area contributed by atoms with Gasteiger partial charge in [0.1, 0.15) is 0 Å². The van der Waals surface area contributed by atoms with Crippen molar-refractivity contribution in [1.82, 2.24) is 0 Å². The van der Waals surface area contributed by atoms with E-state index in [0.29, 0.717) is 0 Å². The second-order valence-electron chi connectivity index (χ2n) is 1.85. The van der Waals surface area contributed by atoms with Crippen LogP contribution in [-0.2, 0) is 10.1 Å². The van der Waals surface area contributed by atoms with E-state index in [1.54, 1.807) is 19.9 Å². The van der Waals surface area contributed by atoms with Crippen molar-refractivity contribution >= 4 is 10.1 Å². The number of hydrogen-bond donors (Lipinski definition) is 1. The lowest BCUT2D eigenvalue weighted by Gasteiger charge is -1.85. The van der Waals surface area contributed by atoms with E-state index in [0.717, 1.165) is 11.0 Å². The lowest BCUT2D eigenvalue weighted by Crippen LogP contribution is -1.88. The van der Waals surface area contributed by atoms with Crippen LogP contribution in [0.2, 0.25) is 0 Å². The van der Waals surface area contributed by atoms with Crippen molar-refractivity contribution < 1.29 is 13.0 Å². The first-order valence-corrected chi connectivity index (χ1v) is 4.24. The molecule has 0 spiro atoms. The maximum Gasteiger partial charge on any atom is 0.287 e. The number of hydrogen-bond acceptors (Lipinski definition) is 2. The lowest BCUT2D eigenvalue weighted by molar-refractivity contribution is 0.494. The molecule has 0 saturated heterocycles. The predicted molar refractivity (Wildman–Crippen MR) is 40.1 cm³/mol. The SMILES string of the molecule is CC=C(C)C=CS(=O)(=O)O. The van der Waals surface area contributed by atoms with Gasteiger partial charge < -0.3 is 0 Å². The fourth-order valence-corrected chi connectivity index (χ4v) is 0.676. The van der Waals surface area contributed by atoms with Gasteiger partial charge in [0, 0.05) is 0 Å². The fraction of sp³-hybridized carbons (Fsp3) is 0.333. The van der Waals surface area contributed by atoms with Gasteiger partial charge in [0.25, 0.3) is 10.1 Å². The highest BCUT2D eigenvalue weighted by Gasteiger charge is 1.93. The van der Waals surface area contributed by atoms with Gasteiger partial charge in [-0.05, 0) is 19.9 Å². The molecule has 0 aliphatic carbocycles. The van der Waals surface area contributed by atoms with Crippen molar-refractivity contribution in [2.24, 2.45) is 0 Å². The summed E-state index contributed by atoms with van der Waals surface area (Å²) in [6, 6.07) is 0. The molecule has 0 aliphatic heterocycles. The van der Waals surface area contributed by atoms with Crippen LogP contribution in [0.4, 0.5) is 0 Å². The third-order valence-electron chi connectivity index (χ3n) is 0.958. The Labute approximate surface area is 60.8 Å². The normalized spacial score (nSPS) is 14.5. The highest BCUT2D eigenvalue weighted by atomic mass is 32.2. The summed E-state index contributed by atoms with van der Waals surface area (Å²) in [5, 5.41) is 0.752. The monoisotopic (exact) mass is 162 g/mol.